The van der Waals surface area contributed by atoms with Crippen molar-refractivity contribution in [1.82, 2.24) is 13.9 Å². The number of amides is 1. The highest BCUT2D eigenvalue weighted by Crippen LogP contribution is 2.24. The molecule has 0 bridgehead atoms. The molecule has 1 saturated heterocycles. The van der Waals surface area contributed by atoms with Crippen LogP contribution in [0.4, 0.5) is 4.39 Å². The van der Waals surface area contributed by atoms with E-state index >= 15 is 0 Å². The number of rotatable bonds is 7. The maximum atomic E-state index is 13.1. The van der Waals surface area contributed by atoms with Crippen LogP contribution >= 0.6 is 0 Å². The molecule has 2 aromatic carbocycles. The van der Waals surface area contributed by atoms with Gasteiger partial charge in [0.2, 0.25) is 26.0 Å². The lowest BCUT2D eigenvalue weighted by atomic mass is 9.99. The molecule has 0 aliphatic carbocycles. The van der Waals surface area contributed by atoms with Crippen molar-refractivity contribution in [1.29, 1.82) is 0 Å². The molecule has 174 valence electrons. The van der Waals surface area contributed by atoms with Crippen molar-refractivity contribution in [3.8, 4) is 0 Å². The first-order chi connectivity index (χ1) is 15.0. The Labute approximate surface area is 188 Å². The van der Waals surface area contributed by atoms with Crippen LogP contribution in [0.15, 0.2) is 58.3 Å². The lowest BCUT2D eigenvalue weighted by Crippen LogP contribution is -2.45. The molecule has 32 heavy (non-hydrogen) atoms. The van der Waals surface area contributed by atoms with E-state index in [1.54, 1.807) is 12.1 Å². The van der Waals surface area contributed by atoms with Gasteiger partial charge in [0.05, 0.1) is 15.7 Å². The third kappa shape index (κ3) is 5.34. The first-order valence-corrected chi connectivity index (χ1v) is 12.9. The first-order valence-electron chi connectivity index (χ1n) is 10.1. The molecule has 0 saturated carbocycles. The van der Waals surface area contributed by atoms with E-state index in [4.69, 9.17) is 0 Å². The molecule has 0 aromatic heterocycles. The van der Waals surface area contributed by atoms with Crippen molar-refractivity contribution >= 4 is 26.0 Å². The summed E-state index contributed by atoms with van der Waals surface area (Å²) in [5.41, 5.74) is 0.725. The predicted octanol–water partition coefficient (Wildman–Crippen LogP) is 1.79. The minimum Gasteiger partial charge on any atom is -0.352 e. The summed E-state index contributed by atoms with van der Waals surface area (Å²) < 4.78 is 65.4. The summed E-state index contributed by atoms with van der Waals surface area (Å²) in [6, 6.07) is 10.8. The summed E-state index contributed by atoms with van der Waals surface area (Å²) in [7, 11) is -4.43. The molecular weight excluding hydrogens is 457 g/mol. The number of hydrogen-bond donors (Lipinski definition) is 1. The van der Waals surface area contributed by atoms with Crippen LogP contribution in [0.2, 0.25) is 0 Å². The van der Waals surface area contributed by atoms with Crippen LogP contribution in [0.1, 0.15) is 18.4 Å². The average molecular weight is 484 g/mol. The first kappa shape index (κ1) is 24.3. The summed E-state index contributed by atoms with van der Waals surface area (Å²) in [6.45, 7) is 0.541. The maximum Gasteiger partial charge on any atom is 0.243 e. The van der Waals surface area contributed by atoms with Crippen LogP contribution in [0.3, 0.4) is 0 Å². The summed E-state index contributed by atoms with van der Waals surface area (Å²) >= 11 is 0. The van der Waals surface area contributed by atoms with Gasteiger partial charge < -0.3 is 5.32 Å². The average Bonchev–Trinajstić information content (AvgIpc) is 2.78. The standard InChI is InChI=1S/C21H26FN3O5S2/c1-24(2)31(27,28)19-9-5-16(6-10-19)14-23-21(26)17-4-3-13-25(15-17)32(29,30)20-11-7-18(22)8-12-20/h5-12,17H,3-4,13-15H2,1-2H3,(H,23,26)/t17-/m1/s1. The van der Waals surface area contributed by atoms with Crippen molar-refractivity contribution in [2.45, 2.75) is 29.2 Å². The number of carbonyl (C=O) groups is 1. The maximum absolute atomic E-state index is 13.1. The smallest absolute Gasteiger partial charge is 0.243 e. The molecule has 11 heteroatoms. The molecule has 1 atom stereocenters. The van der Waals surface area contributed by atoms with E-state index in [-0.39, 0.29) is 28.8 Å². The quantitative estimate of drug-likeness (QED) is 0.647. The Bertz CT molecular complexity index is 1160. The fourth-order valence-corrected chi connectivity index (χ4v) is 5.88. The number of piperidine rings is 1. The minimum atomic E-state index is -3.81. The SMILES string of the molecule is CN(C)S(=O)(=O)c1ccc(CNC(=O)[C@@H]2CCCN(S(=O)(=O)c3ccc(F)cc3)C2)cc1. The van der Waals surface area contributed by atoms with Crippen LogP contribution < -0.4 is 5.32 Å². The number of hydrogen-bond acceptors (Lipinski definition) is 5. The summed E-state index contributed by atoms with van der Waals surface area (Å²) in [5, 5.41) is 2.80. The van der Waals surface area contributed by atoms with E-state index in [9.17, 15) is 26.0 Å². The molecule has 1 aliphatic rings. The molecule has 1 fully saturated rings. The molecule has 3 rings (SSSR count). The molecular formula is C21H26FN3O5S2. The van der Waals surface area contributed by atoms with Gasteiger partial charge in [-0.05, 0) is 54.8 Å². The van der Waals surface area contributed by atoms with Gasteiger partial charge >= 0.3 is 0 Å². The van der Waals surface area contributed by atoms with Gasteiger partial charge in [0.25, 0.3) is 0 Å². The van der Waals surface area contributed by atoms with Crippen LogP contribution in [0.25, 0.3) is 0 Å². The van der Waals surface area contributed by atoms with E-state index in [0.717, 1.165) is 22.0 Å². The summed E-state index contributed by atoms with van der Waals surface area (Å²) in [4.78, 5) is 12.8. The number of sulfonamides is 2. The largest absolute Gasteiger partial charge is 0.352 e. The van der Waals surface area contributed by atoms with E-state index in [2.05, 4.69) is 5.32 Å². The topological polar surface area (TPSA) is 104 Å². The normalized spacial score (nSPS) is 17.9. The van der Waals surface area contributed by atoms with Gasteiger partial charge in [-0.15, -0.1) is 0 Å². The minimum absolute atomic E-state index is 0.00674. The van der Waals surface area contributed by atoms with Crippen molar-refractivity contribution in [3.05, 3.63) is 59.9 Å². The number of nitrogens with one attached hydrogen (secondary N) is 1. The Morgan fingerprint density at radius 2 is 1.62 bits per heavy atom. The molecule has 0 spiro atoms. The zero-order chi connectivity index (χ0) is 23.5. The third-order valence-corrected chi connectivity index (χ3v) is 9.08. The van der Waals surface area contributed by atoms with Crippen molar-refractivity contribution in [2.24, 2.45) is 5.92 Å². The monoisotopic (exact) mass is 483 g/mol. The Morgan fingerprint density at radius 3 is 2.22 bits per heavy atom. The Balaban J connectivity index is 1.61. The second-order valence-electron chi connectivity index (χ2n) is 7.81. The van der Waals surface area contributed by atoms with E-state index in [0.29, 0.717) is 19.4 Å². The Kier molecular flexibility index (Phi) is 7.33. The molecule has 0 unspecified atom stereocenters. The third-order valence-electron chi connectivity index (χ3n) is 5.37. The lowest BCUT2D eigenvalue weighted by molar-refractivity contribution is -0.126. The van der Waals surface area contributed by atoms with Gasteiger partial charge in [-0.3, -0.25) is 4.79 Å². The van der Waals surface area contributed by atoms with Crippen molar-refractivity contribution in [3.63, 3.8) is 0 Å². The Hall–Kier alpha value is -2.34. The van der Waals surface area contributed by atoms with Crippen LogP contribution in [-0.2, 0) is 31.4 Å². The van der Waals surface area contributed by atoms with Gasteiger partial charge in [0, 0.05) is 33.7 Å². The van der Waals surface area contributed by atoms with E-state index in [1.165, 1.54) is 42.7 Å². The fraction of sp³-hybridized carbons (Fsp3) is 0.381. The highest BCUT2D eigenvalue weighted by molar-refractivity contribution is 7.89. The van der Waals surface area contributed by atoms with Crippen LogP contribution in [0.5, 0.6) is 0 Å². The second kappa shape index (κ2) is 9.65. The zero-order valence-electron chi connectivity index (χ0n) is 17.9. The Morgan fingerprint density at radius 1 is 1.03 bits per heavy atom. The van der Waals surface area contributed by atoms with E-state index < -0.39 is 31.8 Å². The lowest BCUT2D eigenvalue weighted by Gasteiger charge is -2.31. The highest BCUT2D eigenvalue weighted by Gasteiger charge is 2.33. The molecule has 0 radical (unpaired) electrons. The zero-order valence-corrected chi connectivity index (χ0v) is 19.5. The van der Waals surface area contributed by atoms with Crippen molar-refractivity contribution in [2.75, 3.05) is 27.2 Å². The number of carbonyl (C=O) groups excluding carboxylic acids is 1. The van der Waals surface area contributed by atoms with Gasteiger partial charge in [-0.1, -0.05) is 12.1 Å². The van der Waals surface area contributed by atoms with Gasteiger partial charge in [-0.2, -0.15) is 4.31 Å². The molecule has 1 aliphatic heterocycles. The van der Waals surface area contributed by atoms with E-state index in [1.807, 2.05) is 0 Å². The molecule has 8 nitrogen and oxygen atoms in total. The summed E-state index contributed by atoms with van der Waals surface area (Å²) in [6.07, 6.45) is 1.09. The molecule has 1 heterocycles. The van der Waals surface area contributed by atoms with Crippen LogP contribution in [0, 0.1) is 11.7 Å². The van der Waals surface area contributed by atoms with Gasteiger partial charge in [0.15, 0.2) is 0 Å². The van der Waals surface area contributed by atoms with Gasteiger partial charge in [-0.25, -0.2) is 25.5 Å². The number of benzene rings is 2. The molecule has 1 N–H and O–H groups in total. The number of nitrogens with zero attached hydrogens (tertiary/aromatic N) is 2. The highest BCUT2D eigenvalue weighted by atomic mass is 32.2. The number of halogens is 1. The fourth-order valence-electron chi connectivity index (χ4n) is 3.45. The van der Waals surface area contributed by atoms with Crippen LogP contribution in [-0.4, -0.2) is 58.5 Å². The van der Waals surface area contributed by atoms with Crippen molar-refractivity contribution < 1.29 is 26.0 Å². The predicted molar refractivity (Wildman–Crippen MR) is 117 cm³/mol. The molecule has 1 amide bonds. The second-order valence-corrected chi connectivity index (χ2v) is 11.9. The van der Waals surface area contributed by atoms with Gasteiger partial charge in [0.1, 0.15) is 5.82 Å². The summed E-state index contributed by atoms with van der Waals surface area (Å²) in [5.74, 6) is -1.30. The molecule has 2 aromatic rings.